The van der Waals surface area contributed by atoms with Crippen LogP contribution >= 0.6 is 15.9 Å². The Bertz CT molecular complexity index is 162. The largest absolute Gasteiger partial charge is 0.383 e. The Hall–Kier alpha value is 0.220. The standard InChI is InChI=1S/C8H16BrF2NO2/c1-7(13,8(9,10)11)3-4-12-5-6-14-2/h12-13H,3-6H2,1-2H3. The first-order chi connectivity index (χ1) is 6.31. The van der Waals surface area contributed by atoms with Crippen molar-refractivity contribution in [2.75, 3.05) is 26.8 Å². The lowest BCUT2D eigenvalue weighted by Gasteiger charge is -2.28. The molecule has 0 aliphatic heterocycles. The Morgan fingerprint density at radius 3 is 2.43 bits per heavy atom. The highest BCUT2D eigenvalue weighted by Gasteiger charge is 2.45. The highest BCUT2D eigenvalue weighted by atomic mass is 79.9. The summed E-state index contributed by atoms with van der Waals surface area (Å²) in [6.45, 7) is 2.52. The normalized spacial score (nSPS) is 16.7. The fourth-order valence-corrected chi connectivity index (χ4v) is 0.971. The Morgan fingerprint density at radius 1 is 1.43 bits per heavy atom. The predicted octanol–water partition coefficient (Wildman–Crippen LogP) is 1.35. The number of aliphatic hydroxyl groups is 1. The van der Waals surface area contributed by atoms with Crippen LogP contribution in [0.4, 0.5) is 8.78 Å². The Balaban J connectivity index is 3.67. The smallest absolute Gasteiger partial charge is 0.329 e. The molecule has 1 atom stereocenters. The fraction of sp³-hybridized carbons (Fsp3) is 1.00. The summed E-state index contributed by atoms with van der Waals surface area (Å²) in [5.74, 6) is 0. The molecule has 6 heteroatoms. The van der Waals surface area contributed by atoms with Crippen molar-refractivity contribution in [1.82, 2.24) is 5.32 Å². The monoisotopic (exact) mass is 275 g/mol. The van der Waals surface area contributed by atoms with E-state index in [4.69, 9.17) is 4.74 Å². The second-order valence-corrected chi connectivity index (χ2v) is 4.26. The maximum absolute atomic E-state index is 12.7. The molecule has 0 aliphatic carbocycles. The number of rotatable bonds is 7. The second kappa shape index (κ2) is 5.95. The molecular formula is C8H16BrF2NO2. The average Bonchev–Trinajstić information content (AvgIpc) is 2.02. The quantitative estimate of drug-likeness (QED) is 0.545. The summed E-state index contributed by atoms with van der Waals surface area (Å²) in [6, 6.07) is 0. The summed E-state index contributed by atoms with van der Waals surface area (Å²) in [7, 11) is 1.56. The Kier molecular flexibility index (Phi) is 6.04. The molecule has 3 nitrogen and oxygen atoms in total. The van der Waals surface area contributed by atoms with E-state index in [9.17, 15) is 13.9 Å². The molecule has 1 unspecified atom stereocenters. The van der Waals surface area contributed by atoms with E-state index >= 15 is 0 Å². The average molecular weight is 276 g/mol. The Labute approximate surface area is 91.0 Å². The van der Waals surface area contributed by atoms with E-state index in [0.717, 1.165) is 6.92 Å². The lowest BCUT2D eigenvalue weighted by molar-refractivity contribution is -0.107. The molecule has 0 aromatic rings. The molecule has 0 spiro atoms. The van der Waals surface area contributed by atoms with Crippen LogP contribution in [0.1, 0.15) is 13.3 Å². The van der Waals surface area contributed by atoms with Crippen LogP contribution in [0.5, 0.6) is 0 Å². The zero-order valence-electron chi connectivity index (χ0n) is 8.32. The van der Waals surface area contributed by atoms with E-state index < -0.39 is 10.4 Å². The van der Waals surface area contributed by atoms with Gasteiger partial charge in [0.25, 0.3) is 0 Å². The minimum atomic E-state index is -3.26. The molecule has 14 heavy (non-hydrogen) atoms. The molecule has 0 bridgehead atoms. The highest BCUT2D eigenvalue weighted by Crippen LogP contribution is 2.36. The summed E-state index contributed by atoms with van der Waals surface area (Å²) in [4.78, 5) is -3.26. The molecule has 0 aromatic heterocycles. The van der Waals surface area contributed by atoms with Gasteiger partial charge in [0, 0.05) is 13.7 Å². The van der Waals surface area contributed by atoms with Gasteiger partial charge in [-0.15, -0.1) is 0 Å². The molecule has 0 amide bonds. The number of ether oxygens (including phenoxy) is 1. The fourth-order valence-electron chi connectivity index (χ4n) is 0.773. The molecular weight excluding hydrogens is 260 g/mol. The van der Waals surface area contributed by atoms with Crippen molar-refractivity contribution in [1.29, 1.82) is 0 Å². The number of hydrogen-bond donors (Lipinski definition) is 2. The number of alkyl halides is 3. The van der Waals surface area contributed by atoms with Crippen molar-refractivity contribution >= 4 is 15.9 Å². The predicted molar refractivity (Wildman–Crippen MR) is 53.9 cm³/mol. The van der Waals surface area contributed by atoms with Crippen LogP contribution in [0.2, 0.25) is 0 Å². The highest BCUT2D eigenvalue weighted by molar-refractivity contribution is 9.10. The number of methoxy groups -OCH3 is 1. The third-order valence-electron chi connectivity index (χ3n) is 1.88. The summed E-state index contributed by atoms with van der Waals surface area (Å²) >= 11 is 2.15. The molecule has 0 saturated heterocycles. The first-order valence-electron chi connectivity index (χ1n) is 4.30. The van der Waals surface area contributed by atoms with E-state index in [1.165, 1.54) is 0 Å². The van der Waals surface area contributed by atoms with Crippen LogP contribution in [0.25, 0.3) is 0 Å². The maximum atomic E-state index is 12.7. The molecule has 0 saturated carbocycles. The van der Waals surface area contributed by atoms with E-state index in [-0.39, 0.29) is 6.42 Å². The molecule has 0 rings (SSSR count). The molecule has 0 aromatic carbocycles. The minimum absolute atomic E-state index is 0.0328. The first kappa shape index (κ1) is 14.2. The van der Waals surface area contributed by atoms with Gasteiger partial charge in [-0.05, 0) is 35.8 Å². The summed E-state index contributed by atoms with van der Waals surface area (Å²) in [5.41, 5.74) is -2.03. The van der Waals surface area contributed by atoms with E-state index in [1.54, 1.807) is 7.11 Å². The number of nitrogens with one attached hydrogen (secondary N) is 1. The van der Waals surface area contributed by atoms with Gasteiger partial charge in [0.1, 0.15) is 5.60 Å². The van der Waals surface area contributed by atoms with E-state index in [2.05, 4.69) is 21.2 Å². The third kappa shape index (κ3) is 5.19. The van der Waals surface area contributed by atoms with Crippen LogP contribution in [0.15, 0.2) is 0 Å². The first-order valence-corrected chi connectivity index (χ1v) is 5.09. The molecule has 86 valence electrons. The van der Waals surface area contributed by atoms with Crippen LogP contribution in [0, 0.1) is 0 Å². The second-order valence-electron chi connectivity index (χ2n) is 3.26. The van der Waals surface area contributed by atoms with Gasteiger partial charge in [0.05, 0.1) is 6.61 Å². The van der Waals surface area contributed by atoms with Crippen molar-refractivity contribution in [2.24, 2.45) is 0 Å². The van der Waals surface area contributed by atoms with Gasteiger partial charge in [-0.25, -0.2) is 0 Å². The van der Waals surface area contributed by atoms with Gasteiger partial charge in [-0.2, -0.15) is 8.78 Å². The number of halogens is 3. The summed E-state index contributed by atoms with van der Waals surface area (Å²) in [6.07, 6.45) is -0.0328. The van der Waals surface area contributed by atoms with Crippen molar-refractivity contribution in [3.63, 3.8) is 0 Å². The minimum Gasteiger partial charge on any atom is -0.383 e. The van der Waals surface area contributed by atoms with Crippen molar-refractivity contribution in [2.45, 2.75) is 23.8 Å². The van der Waals surface area contributed by atoms with E-state index in [1.807, 2.05) is 0 Å². The van der Waals surface area contributed by atoms with Gasteiger partial charge in [0.15, 0.2) is 0 Å². The molecule has 0 heterocycles. The van der Waals surface area contributed by atoms with Crippen molar-refractivity contribution < 1.29 is 18.6 Å². The van der Waals surface area contributed by atoms with Crippen LogP contribution in [-0.4, -0.2) is 42.3 Å². The van der Waals surface area contributed by atoms with Gasteiger partial charge in [-0.1, -0.05) is 0 Å². The molecule has 0 radical (unpaired) electrons. The van der Waals surface area contributed by atoms with Crippen LogP contribution in [-0.2, 0) is 4.74 Å². The SMILES string of the molecule is COCCNCCC(C)(O)C(F)(F)Br. The van der Waals surface area contributed by atoms with Gasteiger partial charge in [-0.3, -0.25) is 0 Å². The van der Waals surface area contributed by atoms with Gasteiger partial charge >= 0.3 is 4.83 Å². The number of hydrogen-bond acceptors (Lipinski definition) is 3. The summed E-state index contributed by atoms with van der Waals surface area (Å²) in [5, 5.41) is 12.2. The van der Waals surface area contributed by atoms with Gasteiger partial charge < -0.3 is 15.2 Å². The lowest BCUT2D eigenvalue weighted by Crippen LogP contribution is -2.43. The Morgan fingerprint density at radius 2 is 2.00 bits per heavy atom. The zero-order valence-corrected chi connectivity index (χ0v) is 9.90. The topological polar surface area (TPSA) is 41.5 Å². The van der Waals surface area contributed by atoms with Gasteiger partial charge in [0.2, 0.25) is 0 Å². The summed E-state index contributed by atoms with van der Waals surface area (Å²) < 4.78 is 30.1. The molecule has 0 fully saturated rings. The van der Waals surface area contributed by atoms with Crippen LogP contribution in [0.3, 0.4) is 0 Å². The van der Waals surface area contributed by atoms with Crippen molar-refractivity contribution in [3.05, 3.63) is 0 Å². The third-order valence-corrected chi connectivity index (χ3v) is 2.74. The molecule has 0 aliphatic rings. The lowest BCUT2D eigenvalue weighted by atomic mass is 10.0. The zero-order chi connectivity index (χ0) is 11.2. The van der Waals surface area contributed by atoms with E-state index in [0.29, 0.717) is 19.7 Å². The van der Waals surface area contributed by atoms with Crippen LogP contribution < -0.4 is 5.32 Å². The maximum Gasteiger partial charge on any atom is 0.329 e. The van der Waals surface area contributed by atoms with Crippen molar-refractivity contribution in [3.8, 4) is 0 Å². The molecule has 2 N–H and O–H groups in total.